The van der Waals surface area contributed by atoms with E-state index in [4.69, 9.17) is 0 Å². The van der Waals surface area contributed by atoms with Gasteiger partial charge in [0.15, 0.2) is 5.69 Å². The van der Waals surface area contributed by atoms with Crippen LogP contribution in [0.4, 0.5) is 0 Å². The molecule has 20 heavy (non-hydrogen) atoms. The fourth-order valence-corrected chi connectivity index (χ4v) is 2.79. The van der Waals surface area contributed by atoms with Crippen molar-refractivity contribution < 1.29 is 9.90 Å². The number of nitrogens with zero attached hydrogens (tertiary/aromatic N) is 3. The molecule has 0 amide bonds. The quantitative estimate of drug-likeness (QED) is 0.803. The number of benzene rings is 1. The molecule has 0 unspecified atom stereocenters. The number of aryl methyl sites for hydroxylation is 1. The van der Waals surface area contributed by atoms with E-state index in [0.717, 1.165) is 16.1 Å². The van der Waals surface area contributed by atoms with Gasteiger partial charge in [-0.15, -0.1) is 16.4 Å². The summed E-state index contributed by atoms with van der Waals surface area (Å²) in [6.45, 7) is 1.95. The Morgan fingerprint density at radius 1 is 1.25 bits per heavy atom. The van der Waals surface area contributed by atoms with E-state index in [2.05, 4.69) is 10.3 Å². The van der Waals surface area contributed by atoms with Crippen molar-refractivity contribution in [2.75, 3.05) is 0 Å². The van der Waals surface area contributed by atoms with Crippen molar-refractivity contribution in [3.8, 4) is 16.3 Å². The van der Waals surface area contributed by atoms with Crippen molar-refractivity contribution in [3.05, 3.63) is 53.0 Å². The first-order valence-electron chi connectivity index (χ1n) is 5.97. The second-order valence-corrected chi connectivity index (χ2v) is 5.22. The molecule has 0 saturated heterocycles. The fourth-order valence-electron chi connectivity index (χ4n) is 2.03. The van der Waals surface area contributed by atoms with Crippen LogP contribution in [-0.4, -0.2) is 26.1 Å². The molecule has 0 atom stereocenters. The summed E-state index contributed by atoms with van der Waals surface area (Å²) in [6, 6.07) is 11.4. The van der Waals surface area contributed by atoms with E-state index >= 15 is 0 Å². The summed E-state index contributed by atoms with van der Waals surface area (Å²) in [7, 11) is 0. The maximum absolute atomic E-state index is 11.3. The third-order valence-electron chi connectivity index (χ3n) is 2.97. The summed E-state index contributed by atoms with van der Waals surface area (Å²) in [4.78, 5) is 12.2. The van der Waals surface area contributed by atoms with Crippen molar-refractivity contribution in [3.63, 3.8) is 0 Å². The molecule has 0 aliphatic rings. The molecule has 0 aliphatic heterocycles. The molecule has 3 rings (SSSR count). The normalized spacial score (nSPS) is 10.7. The molecule has 100 valence electrons. The molecule has 2 heterocycles. The zero-order valence-electron chi connectivity index (χ0n) is 10.6. The molecule has 1 N–H and O–H groups in total. The summed E-state index contributed by atoms with van der Waals surface area (Å²) < 4.78 is 1.59. The molecule has 0 bridgehead atoms. The Morgan fingerprint density at radius 3 is 2.70 bits per heavy atom. The van der Waals surface area contributed by atoms with Gasteiger partial charge in [-0.3, -0.25) is 0 Å². The second kappa shape index (κ2) is 4.90. The Balaban J connectivity index is 2.28. The monoisotopic (exact) mass is 285 g/mol. The van der Waals surface area contributed by atoms with Gasteiger partial charge in [0, 0.05) is 0 Å². The highest BCUT2D eigenvalue weighted by Crippen LogP contribution is 2.29. The van der Waals surface area contributed by atoms with E-state index in [-0.39, 0.29) is 5.69 Å². The van der Waals surface area contributed by atoms with Crippen LogP contribution in [0.5, 0.6) is 0 Å². The molecule has 1 aromatic carbocycles. The summed E-state index contributed by atoms with van der Waals surface area (Å²) in [5.74, 6) is -1.08. The van der Waals surface area contributed by atoms with Crippen LogP contribution in [0.3, 0.4) is 0 Å². The summed E-state index contributed by atoms with van der Waals surface area (Å²) in [5.41, 5.74) is 2.32. The summed E-state index contributed by atoms with van der Waals surface area (Å²) >= 11 is 1.46. The van der Waals surface area contributed by atoms with Crippen LogP contribution < -0.4 is 0 Å². The van der Waals surface area contributed by atoms with Gasteiger partial charge in [-0.1, -0.05) is 29.5 Å². The van der Waals surface area contributed by atoms with Gasteiger partial charge < -0.3 is 5.11 Å². The molecule has 0 spiro atoms. The van der Waals surface area contributed by atoms with Gasteiger partial charge in [0.1, 0.15) is 5.69 Å². The number of carboxylic acid groups (broad SMARTS) is 1. The van der Waals surface area contributed by atoms with Gasteiger partial charge in [-0.25, -0.2) is 9.48 Å². The van der Waals surface area contributed by atoms with Gasteiger partial charge in [-0.05, 0) is 30.0 Å². The zero-order chi connectivity index (χ0) is 14.1. The van der Waals surface area contributed by atoms with E-state index in [1.54, 1.807) is 4.68 Å². The lowest BCUT2D eigenvalue weighted by Gasteiger charge is -2.08. The first-order chi connectivity index (χ1) is 9.68. The van der Waals surface area contributed by atoms with Crippen LogP contribution in [0.15, 0.2) is 41.8 Å². The summed E-state index contributed by atoms with van der Waals surface area (Å²) in [6.07, 6.45) is 0. The Labute approximate surface area is 119 Å². The number of hydrogen-bond donors (Lipinski definition) is 1. The van der Waals surface area contributed by atoms with Gasteiger partial charge in [0.25, 0.3) is 0 Å². The molecule has 0 saturated carbocycles. The lowest BCUT2D eigenvalue weighted by Crippen LogP contribution is -2.03. The van der Waals surface area contributed by atoms with E-state index in [1.165, 1.54) is 11.3 Å². The summed E-state index contributed by atoms with van der Waals surface area (Å²) in [5, 5.41) is 19.0. The topological polar surface area (TPSA) is 68.0 Å². The first kappa shape index (κ1) is 12.6. The Kier molecular flexibility index (Phi) is 3.08. The fraction of sp³-hybridized carbons (Fsp3) is 0.0714. The maximum atomic E-state index is 11.3. The highest BCUT2D eigenvalue weighted by Gasteiger charge is 2.22. The molecular formula is C14H11N3O2S. The van der Waals surface area contributed by atoms with Crippen molar-refractivity contribution in [1.29, 1.82) is 0 Å². The predicted molar refractivity (Wildman–Crippen MR) is 76.4 cm³/mol. The Morgan fingerprint density at radius 2 is 2.05 bits per heavy atom. The Bertz CT molecular complexity index is 763. The predicted octanol–water partition coefficient (Wildman–Crippen LogP) is 3.00. The first-order valence-corrected chi connectivity index (χ1v) is 6.85. The SMILES string of the molecule is Cc1ccccc1-n1nnc(C(=O)O)c1-c1cccs1. The number of aromatic carboxylic acids is 1. The molecule has 3 aromatic rings. The molecule has 0 aliphatic carbocycles. The average Bonchev–Trinajstić information content (AvgIpc) is 3.07. The number of aromatic nitrogens is 3. The number of para-hydroxylation sites is 1. The second-order valence-electron chi connectivity index (χ2n) is 4.27. The van der Waals surface area contributed by atoms with Crippen LogP contribution in [0.1, 0.15) is 16.1 Å². The number of hydrogen-bond acceptors (Lipinski definition) is 4. The minimum absolute atomic E-state index is 0.0318. The van der Waals surface area contributed by atoms with E-state index in [0.29, 0.717) is 5.69 Å². The van der Waals surface area contributed by atoms with E-state index < -0.39 is 5.97 Å². The van der Waals surface area contributed by atoms with Gasteiger partial charge in [0.2, 0.25) is 0 Å². The third-order valence-corrected chi connectivity index (χ3v) is 3.85. The van der Waals surface area contributed by atoms with Crippen LogP contribution >= 0.6 is 11.3 Å². The zero-order valence-corrected chi connectivity index (χ0v) is 11.5. The van der Waals surface area contributed by atoms with E-state index in [9.17, 15) is 9.90 Å². The molecular weight excluding hydrogens is 274 g/mol. The van der Waals surface area contributed by atoms with Crippen molar-refractivity contribution in [1.82, 2.24) is 15.0 Å². The van der Waals surface area contributed by atoms with E-state index in [1.807, 2.05) is 48.7 Å². The van der Waals surface area contributed by atoms with Crippen LogP contribution in [-0.2, 0) is 0 Å². The molecule has 0 fully saturated rings. The maximum Gasteiger partial charge on any atom is 0.358 e. The lowest BCUT2D eigenvalue weighted by atomic mass is 10.2. The van der Waals surface area contributed by atoms with Crippen molar-refractivity contribution >= 4 is 17.3 Å². The highest BCUT2D eigenvalue weighted by molar-refractivity contribution is 7.13. The average molecular weight is 285 g/mol. The van der Waals surface area contributed by atoms with Crippen molar-refractivity contribution in [2.24, 2.45) is 0 Å². The molecule has 2 aromatic heterocycles. The smallest absolute Gasteiger partial charge is 0.358 e. The lowest BCUT2D eigenvalue weighted by molar-refractivity contribution is 0.0691. The van der Waals surface area contributed by atoms with Crippen LogP contribution in [0.2, 0.25) is 0 Å². The minimum atomic E-state index is -1.08. The van der Waals surface area contributed by atoms with Crippen molar-refractivity contribution in [2.45, 2.75) is 6.92 Å². The molecule has 5 nitrogen and oxygen atoms in total. The molecule has 0 radical (unpaired) electrons. The largest absolute Gasteiger partial charge is 0.476 e. The number of rotatable bonds is 3. The third kappa shape index (κ3) is 2.00. The standard InChI is InChI=1S/C14H11N3O2S/c1-9-5-2-3-6-10(9)17-13(11-7-4-8-20-11)12(14(18)19)15-16-17/h2-8H,1H3,(H,18,19). The van der Waals surface area contributed by atoms with Crippen LogP contribution in [0, 0.1) is 6.92 Å². The van der Waals surface area contributed by atoms with Crippen LogP contribution in [0.25, 0.3) is 16.3 Å². The van der Waals surface area contributed by atoms with Gasteiger partial charge >= 0.3 is 5.97 Å². The Hall–Kier alpha value is -2.47. The molecule has 6 heteroatoms. The van der Waals surface area contributed by atoms with Gasteiger partial charge in [0.05, 0.1) is 10.6 Å². The number of carbonyl (C=O) groups is 1. The van der Waals surface area contributed by atoms with Gasteiger partial charge in [-0.2, -0.15) is 0 Å². The number of carboxylic acids is 1. The number of thiophene rings is 1. The minimum Gasteiger partial charge on any atom is -0.476 e. The highest BCUT2D eigenvalue weighted by atomic mass is 32.1.